The minimum absolute atomic E-state index is 0.135. The number of carbonyl (C=O) groups excluding carboxylic acids is 1. The number of aliphatic carboxylic acids is 1. The molecule has 1 N–H and O–H groups in total. The number of rotatable bonds is 6. The van der Waals surface area contributed by atoms with E-state index in [4.69, 9.17) is 14.2 Å². The summed E-state index contributed by atoms with van der Waals surface area (Å²) >= 11 is 0. The number of carbonyl (C=O) groups is 2. The van der Waals surface area contributed by atoms with Crippen LogP contribution >= 0.6 is 0 Å². The zero-order chi connectivity index (χ0) is 18.5. The molecule has 138 valence electrons. The second-order valence-corrected chi connectivity index (χ2v) is 6.94. The van der Waals surface area contributed by atoms with Crippen molar-refractivity contribution in [3.05, 3.63) is 35.9 Å². The third kappa shape index (κ3) is 2.38. The number of carboxylic acid groups (broad SMARTS) is 1. The number of amides is 1. The first-order valence-electron chi connectivity index (χ1n) is 8.59. The van der Waals surface area contributed by atoms with E-state index in [1.54, 1.807) is 25.2 Å². The molecule has 2 saturated heterocycles. The van der Waals surface area contributed by atoms with Crippen LogP contribution < -0.4 is 9.47 Å². The smallest absolute Gasteiger partial charge is 0.310 e. The predicted octanol–water partition coefficient (Wildman–Crippen LogP) is 1.11. The van der Waals surface area contributed by atoms with Gasteiger partial charge in [0, 0.05) is 6.54 Å². The molecule has 7 nitrogen and oxygen atoms in total. The summed E-state index contributed by atoms with van der Waals surface area (Å²) in [4.78, 5) is 26.1. The molecule has 1 spiro atoms. The van der Waals surface area contributed by atoms with Crippen LogP contribution in [-0.2, 0) is 20.7 Å². The summed E-state index contributed by atoms with van der Waals surface area (Å²) in [5.41, 5.74) is 0.239. The standard InChI is InChI=1S/C19H21NO6/c1-24-12-4-3-11(9-14(12)25-2)6-8-20-10-19-7-5-13(26-19)15(18(22)23)16(19)17(20)21/h3-5,7,9,13,15-16H,6,8,10H2,1-2H3,(H,22,23)/t13-,15+,16+,19+/m0/s1. The number of fused-ring (bicyclic) bond motifs is 1. The van der Waals surface area contributed by atoms with Crippen LogP contribution in [0, 0.1) is 11.8 Å². The number of ether oxygens (including phenoxy) is 3. The highest BCUT2D eigenvalue weighted by Crippen LogP contribution is 2.51. The van der Waals surface area contributed by atoms with Gasteiger partial charge in [-0.15, -0.1) is 0 Å². The first-order valence-corrected chi connectivity index (χ1v) is 8.59. The molecule has 0 aromatic heterocycles. The maximum absolute atomic E-state index is 12.8. The molecule has 0 unspecified atom stereocenters. The van der Waals surface area contributed by atoms with Crippen molar-refractivity contribution >= 4 is 11.9 Å². The van der Waals surface area contributed by atoms with E-state index in [9.17, 15) is 14.7 Å². The molecular formula is C19H21NO6. The van der Waals surface area contributed by atoms with Crippen molar-refractivity contribution < 1.29 is 28.9 Å². The highest BCUT2D eigenvalue weighted by molar-refractivity contribution is 5.90. The predicted molar refractivity (Wildman–Crippen MR) is 91.2 cm³/mol. The van der Waals surface area contributed by atoms with E-state index in [0.29, 0.717) is 31.0 Å². The second kappa shape index (κ2) is 6.02. The number of methoxy groups -OCH3 is 2. The quantitative estimate of drug-likeness (QED) is 0.766. The zero-order valence-corrected chi connectivity index (χ0v) is 14.7. The van der Waals surface area contributed by atoms with Crippen LogP contribution in [0.25, 0.3) is 0 Å². The largest absolute Gasteiger partial charge is 0.493 e. The van der Waals surface area contributed by atoms with Gasteiger partial charge >= 0.3 is 5.97 Å². The number of carboxylic acids is 1. The van der Waals surface area contributed by atoms with Gasteiger partial charge in [0.2, 0.25) is 5.91 Å². The highest BCUT2D eigenvalue weighted by atomic mass is 16.5. The number of benzene rings is 1. The molecule has 1 amide bonds. The Morgan fingerprint density at radius 2 is 2.12 bits per heavy atom. The van der Waals surface area contributed by atoms with Crippen molar-refractivity contribution in [1.82, 2.24) is 4.90 Å². The van der Waals surface area contributed by atoms with Crippen LogP contribution in [0.4, 0.5) is 0 Å². The van der Waals surface area contributed by atoms with Gasteiger partial charge in [0.05, 0.1) is 32.8 Å². The Labute approximate surface area is 151 Å². The lowest BCUT2D eigenvalue weighted by Crippen LogP contribution is -2.39. The van der Waals surface area contributed by atoms with Gasteiger partial charge in [-0.3, -0.25) is 9.59 Å². The van der Waals surface area contributed by atoms with Crippen molar-refractivity contribution in [3.8, 4) is 11.5 Å². The fourth-order valence-corrected chi connectivity index (χ4v) is 4.35. The van der Waals surface area contributed by atoms with E-state index in [-0.39, 0.29) is 5.91 Å². The summed E-state index contributed by atoms with van der Waals surface area (Å²) in [6.07, 6.45) is 3.80. The third-order valence-electron chi connectivity index (χ3n) is 5.58. The molecule has 1 aromatic carbocycles. The number of hydrogen-bond acceptors (Lipinski definition) is 5. The minimum Gasteiger partial charge on any atom is -0.493 e. The van der Waals surface area contributed by atoms with Gasteiger partial charge in [-0.2, -0.15) is 0 Å². The van der Waals surface area contributed by atoms with E-state index in [0.717, 1.165) is 5.56 Å². The molecule has 2 bridgehead atoms. The van der Waals surface area contributed by atoms with Gasteiger partial charge in [0.25, 0.3) is 0 Å². The second-order valence-electron chi connectivity index (χ2n) is 6.94. The van der Waals surface area contributed by atoms with Crippen molar-refractivity contribution in [2.24, 2.45) is 11.8 Å². The highest BCUT2D eigenvalue weighted by Gasteiger charge is 2.66. The Morgan fingerprint density at radius 1 is 1.35 bits per heavy atom. The maximum Gasteiger partial charge on any atom is 0.310 e. The van der Waals surface area contributed by atoms with Crippen molar-refractivity contribution in [1.29, 1.82) is 0 Å². The summed E-state index contributed by atoms with van der Waals surface area (Å²) in [5, 5.41) is 9.49. The molecule has 3 heterocycles. The minimum atomic E-state index is -0.971. The van der Waals surface area contributed by atoms with Gasteiger partial charge < -0.3 is 24.2 Å². The molecule has 7 heteroatoms. The van der Waals surface area contributed by atoms with Gasteiger partial charge in [0.1, 0.15) is 11.5 Å². The maximum atomic E-state index is 12.8. The fraction of sp³-hybridized carbons (Fsp3) is 0.474. The Balaban J connectivity index is 1.48. The molecular weight excluding hydrogens is 338 g/mol. The molecule has 4 rings (SSSR count). The van der Waals surface area contributed by atoms with Crippen LogP contribution in [0.5, 0.6) is 11.5 Å². The van der Waals surface area contributed by atoms with E-state index in [2.05, 4.69) is 0 Å². The normalized spacial score (nSPS) is 31.4. The number of likely N-dealkylation sites (tertiary alicyclic amines) is 1. The van der Waals surface area contributed by atoms with Crippen LogP contribution in [-0.4, -0.2) is 60.9 Å². The monoisotopic (exact) mass is 359 g/mol. The molecule has 0 radical (unpaired) electrons. The number of nitrogens with zero attached hydrogens (tertiary/aromatic N) is 1. The summed E-state index contributed by atoms with van der Waals surface area (Å²) in [5.74, 6) is -1.23. The summed E-state index contributed by atoms with van der Waals surface area (Å²) in [7, 11) is 3.16. The van der Waals surface area contributed by atoms with Crippen molar-refractivity contribution in [2.45, 2.75) is 18.1 Å². The molecule has 4 atom stereocenters. The topological polar surface area (TPSA) is 85.3 Å². The van der Waals surface area contributed by atoms with E-state index < -0.39 is 29.5 Å². The number of hydrogen-bond donors (Lipinski definition) is 1. The Hall–Kier alpha value is -2.54. The molecule has 2 fully saturated rings. The van der Waals surface area contributed by atoms with Crippen molar-refractivity contribution in [3.63, 3.8) is 0 Å². The first-order chi connectivity index (χ1) is 12.5. The lowest BCUT2D eigenvalue weighted by atomic mass is 9.77. The third-order valence-corrected chi connectivity index (χ3v) is 5.58. The summed E-state index contributed by atoms with van der Waals surface area (Å²) in [6, 6.07) is 5.66. The lowest BCUT2D eigenvalue weighted by molar-refractivity contribution is -0.148. The molecule has 3 aliphatic rings. The van der Waals surface area contributed by atoms with Crippen LogP contribution in [0.1, 0.15) is 5.56 Å². The van der Waals surface area contributed by atoms with Gasteiger partial charge in [-0.1, -0.05) is 18.2 Å². The van der Waals surface area contributed by atoms with E-state index in [1.807, 2.05) is 24.3 Å². The van der Waals surface area contributed by atoms with Crippen LogP contribution in [0.2, 0.25) is 0 Å². The van der Waals surface area contributed by atoms with Crippen molar-refractivity contribution in [2.75, 3.05) is 27.3 Å². The summed E-state index contributed by atoms with van der Waals surface area (Å²) in [6.45, 7) is 0.904. The molecule has 3 aliphatic heterocycles. The average Bonchev–Trinajstić information content (AvgIpc) is 3.27. The zero-order valence-electron chi connectivity index (χ0n) is 14.7. The summed E-state index contributed by atoms with van der Waals surface area (Å²) < 4.78 is 16.4. The Kier molecular flexibility index (Phi) is 3.91. The van der Waals surface area contributed by atoms with Crippen LogP contribution in [0.3, 0.4) is 0 Å². The average molecular weight is 359 g/mol. The Morgan fingerprint density at radius 3 is 2.81 bits per heavy atom. The van der Waals surface area contributed by atoms with Crippen LogP contribution in [0.15, 0.2) is 30.4 Å². The molecule has 0 saturated carbocycles. The molecule has 0 aliphatic carbocycles. The SMILES string of the molecule is COc1ccc(CCN2C[C@@]34C=C[C@H](O3)[C@@H](C(=O)O)[C@@H]4C2=O)cc1OC. The van der Waals surface area contributed by atoms with Gasteiger partial charge in [0.15, 0.2) is 11.5 Å². The lowest BCUT2D eigenvalue weighted by Gasteiger charge is -2.21. The van der Waals surface area contributed by atoms with Gasteiger partial charge in [-0.05, 0) is 24.1 Å². The van der Waals surface area contributed by atoms with Gasteiger partial charge in [-0.25, -0.2) is 0 Å². The Bertz CT molecular complexity index is 790. The fourth-order valence-electron chi connectivity index (χ4n) is 4.35. The molecule has 26 heavy (non-hydrogen) atoms. The van der Waals surface area contributed by atoms with E-state index in [1.165, 1.54) is 0 Å². The molecule has 1 aromatic rings. The van der Waals surface area contributed by atoms with E-state index >= 15 is 0 Å². The first kappa shape index (κ1) is 16.9.